The molecule has 0 unspecified atom stereocenters. The molecule has 2 aromatic heterocycles. The molecule has 4 atom stereocenters. The van der Waals surface area contributed by atoms with E-state index in [1.165, 1.54) is 30.1 Å². The number of H-pyrrole nitrogens is 1. The standard InChI is InChI=1S/C26H23FN4O7/c1-15-29-21-19(22(32)30-15)28-14-31(21)23-18(27)20(37-25(34)17-11-7-4-8-12-17)26(35-2,38-23)13-36-24(33)16-9-5-3-6-10-16/h3-12,14,18,20,23H,13H2,1-2H3,(H,29,30,32)/t18-,20+,23-,26-/m1/s1. The molecule has 1 aliphatic rings. The maximum atomic E-state index is 16.2. The minimum Gasteiger partial charge on any atom is -0.456 e. The Morgan fingerprint density at radius 2 is 1.71 bits per heavy atom. The number of alkyl halides is 1. The second-order valence-electron chi connectivity index (χ2n) is 8.58. The molecule has 1 fully saturated rings. The molecule has 5 rings (SSSR count). The number of aryl methyl sites for hydroxylation is 1. The van der Waals surface area contributed by atoms with Gasteiger partial charge in [-0.15, -0.1) is 0 Å². The summed E-state index contributed by atoms with van der Waals surface area (Å²) in [5, 5.41) is 0. The van der Waals surface area contributed by atoms with Crippen molar-refractivity contribution in [2.45, 2.75) is 31.2 Å². The van der Waals surface area contributed by atoms with Crippen LogP contribution in [0.3, 0.4) is 0 Å². The summed E-state index contributed by atoms with van der Waals surface area (Å²) in [6.07, 6.45) is -4.00. The van der Waals surface area contributed by atoms with Crippen molar-refractivity contribution in [2.75, 3.05) is 13.7 Å². The van der Waals surface area contributed by atoms with E-state index in [0.29, 0.717) is 0 Å². The Kier molecular flexibility index (Phi) is 6.74. The second kappa shape index (κ2) is 10.1. The maximum absolute atomic E-state index is 16.2. The molecular formula is C26H23FN4O7. The molecule has 0 saturated carbocycles. The van der Waals surface area contributed by atoms with Gasteiger partial charge in [0, 0.05) is 7.11 Å². The van der Waals surface area contributed by atoms with Gasteiger partial charge in [0.2, 0.25) is 5.79 Å². The lowest BCUT2D eigenvalue weighted by molar-refractivity contribution is -0.268. The van der Waals surface area contributed by atoms with Crippen molar-refractivity contribution in [2.24, 2.45) is 0 Å². The zero-order valence-electron chi connectivity index (χ0n) is 20.4. The number of hydrogen-bond acceptors (Lipinski definition) is 9. The zero-order valence-corrected chi connectivity index (χ0v) is 20.4. The van der Waals surface area contributed by atoms with Crippen molar-refractivity contribution in [1.82, 2.24) is 19.5 Å². The number of carbonyl (C=O) groups is 2. The highest BCUT2D eigenvalue weighted by Crippen LogP contribution is 2.43. The predicted octanol–water partition coefficient (Wildman–Crippen LogP) is 2.72. The highest BCUT2D eigenvalue weighted by Gasteiger charge is 2.61. The first-order valence-electron chi connectivity index (χ1n) is 11.6. The van der Waals surface area contributed by atoms with Crippen LogP contribution in [0.4, 0.5) is 4.39 Å². The Balaban J connectivity index is 1.51. The molecule has 38 heavy (non-hydrogen) atoms. The van der Waals surface area contributed by atoms with Crippen molar-refractivity contribution < 1.29 is 32.9 Å². The molecule has 1 N–H and O–H groups in total. The summed E-state index contributed by atoms with van der Waals surface area (Å²) in [6.45, 7) is 0.952. The molecule has 1 aliphatic heterocycles. The van der Waals surface area contributed by atoms with Crippen LogP contribution in [0.25, 0.3) is 11.2 Å². The molecule has 2 aromatic carbocycles. The van der Waals surface area contributed by atoms with Crippen LogP contribution in [0.5, 0.6) is 0 Å². The largest absolute Gasteiger partial charge is 0.456 e. The summed E-state index contributed by atoms with van der Waals surface area (Å²) >= 11 is 0. The quantitative estimate of drug-likeness (QED) is 0.364. The van der Waals surface area contributed by atoms with E-state index in [0.717, 1.165) is 0 Å². The Morgan fingerprint density at radius 3 is 2.34 bits per heavy atom. The second-order valence-corrected chi connectivity index (χ2v) is 8.58. The predicted molar refractivity (Wildman–Crippen MR) is 130 cm³/mol. The minimum absolute atomic E-state index is 0.0327. The molecule has 12 heteroatoms. The van der Waals surface area contributed by atoms with Gasteiger partial charge in [-0.1, -0.05) is 36.4 Å². The maximum Gasteiger partial charge on any atom is 0.338 e. The van der Waals surface area contributed by atoms with Gasteiger partial charge >= 0.3 is 11.9 Å². The summed E-state index contributed by atoms with van der Waals surface area (Å²) in [7, 11) is 1.22. The van der Waals surface area contributed by atoms with Gasteiger partial charge in [0.1, 0.15) is 12.4 Å². The van der Waals surface area contributed by atoms with E-state index in [-0.39, 0.29) is 28.1 Å². The number of benzene rings is 2. The van der Waals surface area contributed by atoms with Gasteiger partial charge in [0.25, 0.3) is 5.56 Å². The normalized spacial score (nSPS) is 22.9. The molecule has 196 valence electrons. The number of ether oxygens (including phenoxy) is 4. The Morgan fingerprint density at radius 1 is 1.08 bits per heavy atom. The van der Waals surface area contributed by atoms with Gasteiger partial charge < -0.3 is 23.9 Å². The van der Waals surface area contributed by atoms with E-state index < -0.39 is 48.4 Å². The van der Waals surface area contributed by atoms with Gasteiger partial charge in [0.15, 0.2) is 29.7 Å². The number of nitrogens with one attached hydrogen (secondary N) is 1. The number of imidazole rings is 1. The van der Waals surface area contributed by atoms with Crippen molar-refractivity contribution in [3.8, 4) is 0 Å². The third kappa shape index (κ3) is 4.55. The first kappa shape index (κ1) is 25.2. The van der Waals surface area contributed by atoms with Gasteiger partial charge in [-0.25, -0.2) is 23.9 Å². The fourth-order valence-corrected chi connectivity index (χ4v) is 4.24. The summed E-state index contributed by atoms with van der Waals surface area (Å²) in [5.41, 5.74) is -0.0647. The van der Waals surface area contributed by atoms with Crippen LogP contribution in [-0.2, 0) is 18.9 Å². The van der Waals surface area contributed by atoms with Crippen LogP contribution in [-0.4, -0.2) is 63.2 Å². The van der Waals surface area contributed by atoms with Crippen molar-refractivity contribution in [3.05, 3.63) is 94.3 Å². The lowest BCUT2D eigenvalue weighted by Gasteiger charge is -2.31. The number of carbonyl (C=O) groups excluding carboxylic acids is 2. The summed E-state index contributed by atoms with van der Waals surface area (Å²) in [6, 6.07) is 16.2. The number of aromatic nitrogens is 4. The number of fused-ring (bicyclic) bond motifs is 1. The molecular weight excluding hydrogens is 499 g/mol. The van der Waals surface area contributed by atoms with Crippen LogP contribution >= 0.6 is 0 Å². The lowest BCUT2D eigenvalue weighted by Crippen LogP contribution is -2.50. The van der Waals surface area contributed by atoms with Gasteiger partial charge in [-0.3, -0.25) is 9.36 Å². The third-order valence-corrected chi connectivity index (χ3v) is 6.14. The zero-order chi connectivity index (χ0) is 26.9. The van der Waals surface area contributed by atoms with Crippen molar-refractivity contribution in [3.63, 3.8) is 0 Å². The molecule has 0 spiro atoms. The van der Waals surface area contributed by atoms with Crippen molar-refractivity contribution in [1.29, 1.82) is 0 Å². The molecule has 4 aromatic rings. The van der Waals surface area contributed by atoms with Crippen molar-refractivity contribution >= 4 is 23.1 Å². The fraction of sp³-hybridized carbons (Fsp3) is 0.269. The van der Waals surface area contributed by atoms with E-state index >= 15 is 4.39 Å². The number of methoxy groups -OCH3 is 1. The topological polar surface area (TPSA) is 135 Å². The summed E-state index contributed by atoms with van der Waals surface area (Å²) < 4.78 is 39.9. The Labute approximate surface area is 215 Å². The van der Waals surface area contributed by atoms with E-state index in [1.807, 2.05) is 0 Å². The Hall–Kier alpha value is -4.42. The fourth-order valence-electron chi connectivity index (χ4n) is 4.24. The molecule has 0 radical (unpaired) electrons. The smallest absolute Gasteiger partial charge is 0.338 e. The molecule has 0 aliphatic carbocycles. The first-order valence-corrected chi connectivity index (χ1v) is 11.6. The monoisotopic (exact) mass is 522 g/mol. The van der Waals surface area contributed by atoms with Crippen LogP contribution in [0, 0.1) is 6.92 Å². The number of rotatable bonds is 7. The summed E-state index contributed by atoms with van der Waals surface area (Å²) in [5.74, 6) is -3.31. The number of nitrogens with zero attached hydrogens (tertiary/aromatic N) is 3. The van der Waals surface area contributed by atoms with Crippen LogP contribution in [0.1, 0.15) is 32.8 Å². The van der Waals surface area contributed by atoms with Gasteiger partial charge in [-0.2, -0.15) is 0 Å². The lowest BCUT2D eigenvalue weighted by atomic mass is 10.1. The first-order chi connectivity index (χ1) is 18.3. The Bertz CT molecular complexity index is 1530. The third-order valence-electron chi connectivity index (χ3n) is 6.14. The number of esters is 2. The SMILES string of the molecule is CO[C@]1(COC(=O)c2ccccc2)O[C@@H](n2cnc3c(=O)[nH]c(C)nc32)[C@H](F)[C@@H]1OC(=O)c1ccccc1. The van der Waals surface area contributed by atoms with Gasteiger partial charge in [-0.05, 0) is 31.2 Å². The average Bonchev–Trinajstić information content (AvgIpc) is 3.47. The average molecular weight is 522 g/mol. The highest BCUT2D eigenvalue weighted by atomic mass is 19.1. The molecule has 3 heterocycles. The number of aromatic amines is 1. The van der Waals surface area contributed by atoms with Crippen LogP contribution in [0.2, 0.25) is 0 Å². The molecule has 1 saturated heterocycles. The number of halogens is 1. The molecule has 0 bridgehead atoms. The van der Waals surface area contributed by atoms with Crippen LogP contribution < -0.4 is 5.56 Å². The van der Waals surface area contributed by atoms with E-state index in [4.69, 9.17) is 18.9 Å². The highest BCUT2D eigenvalue weighted by molar-refractivity contribution is 5.90. The number of hydrogen-bond donors (Lipinski definition) is 1. The van der Waals surface area contributed by atoms with E-state index in [9.17, 15) is 14.4 Å². The molecule has 0 amide bonds. The van der Waals surface area contributed by atoms with Gasteiger partial charge in [0.05, 0.1) is 17.5 Å². The molecule has 11 nitrogen and oxygen atoms in total. The van der Waals surface area contributed by atoms with Crippen LogP contribution in [0.15, 0.2) is 71.8 Å². The summed E-state index contributed by atoms with van der Waals surface area (Å²) in [4.78, 5) is 48.7. The van der Waals surface area contributed by atoms with E-state index in [2.05, 4.69) is 15.0 Å². The van der Waals surface area contributed by atoms with E-state index in [1.54, 1.807) is 55.5 Å². The minimum atomic E-state index is -2.04.